The Hall–Kier alpha value is -1.76. The fourth-order valence-electron chi connectivity index (χ4n) is 1.21. The molecule has 0 aliphatic rings. The molecule has 0 unspecified atom stereocenters. The smallest absolute Gasteiger partial charge is 0.406 e. The Kier molecular flexibility index (Phi) is 4.41. The lowest BCUT2D eigenvalue weighted by atomic mass is 10.1. The minimum Gasteiger partial charge on any atom is -0.406 e. The lowest BCUT2D eigenvalue weighted by Gasteiger charge is -2.17. The number of rotatable bonds is 4. The summed E-state index contributed by atoms with van der Waals surface area (Å²) in [6, 6.07) is 4.51. The number of amides is 1. The van der Waals surface area contributed by atoms with Gasteiger partial charge in [-0.25, -0.2) is 0 Å². The molecule has 1 aromatic rings. The molecule has 2 N–H and O–H groups in total. The molecule has 106 valence electrons. The average Bonchev–Trinajstić information content (AvgIpc) is 2.23. The summed E-state index contributed by atoms with van der Waals surface area (Å²) in [6.45, 7) is 3.08. The predicted molar refractivity (Wildman–Crippen MR) is 61.8 cm³/mol. The summed E-state index contributed by atoms with van der Waals surface area (Å²) in [4.78, 5) is 11.6. The van der Waals surface area contributed by atoms with Crippen LogP contribution in [-0.4, -0.2) is 29.5 Å². The molecule has 1 rings (SSSR count). The highest BCUT2D eigenvalue weighted by Crippen LogP contribution is 2.22. The maximum Gasteiger partial charge on any atom is 0.573 e. The third-order valence-electron chi connectivity index (χ3n) is 2.03. The summed E-state index contributed by atoms with van der Waals surface area (Å²) in [5, 5.41) is 11.9. The van der Waals surface area contributed by atoms with Gasteiger partial charge in [0.15, 0.2) is 0 Å². The second-order valence-corrected chi connectivity index (χ2v) is 4.57. The van der Waals surface area contributed by atoms with Gasteiger partial charge in [-0.05, 0) is 38.1 Å². The molecule has 0 heterocycles. The van der Waals surface area contributed by atoms with Crippen LogP contribution in [0.3, 0.4) is 0 Å². The first-order valence-corrected chi connectivity index (χ1v) is 5.43. The molecule has 0 fully saturated rings. The highest BCUT2D eigenvalue weighted by Gasteiger charge is 2.31. The summed E-state index contributed by atoms with van der Waals surface area (Å²) in [7, 11) is 0. The van der Waals surface area contributed by atoms with E-state index in [1.165, 1.54) is 26.0 Å². The van der Waals surface area contributed by atoms with E-state index in [9.17, 15) is 23.1 Å². The Labute approximate surface area is 108 Å². The summed E-state index contributed by atoms with van der Waals surface area (Å²) >= 11 is 0. The summed E-state index contributed by atoms with van der Waals surface area (Å²) < 4.78 is 39.4. The first kappa shape index (κ1) is 15.3. The van der Waals surface area contributed by atoms with Gasteiger partial charge in [0.25, 0.3) is 5.91 Å². The molecule has 0 atom stereocenters. The molecule has 0 bridgehead atoms. The Morgan fingerprint density at radius 3 is 2.21 bits per heavy atom. The predicted octanol–water partition coefficient (Wildman–Crippen LogP) is 2.09. The number of carbonyl (C=O) groups is 1. The molecule has 0 aliphatic carbocycles. The Morgan fingerprint density at radius 1 is 1.26 bits per heavy atom. The minimum absolute atomic E-state index is 0.0344. The van der Waals surface area contributed by atoms with Gasteiger partial charge in [0.1, 0.15) is 5.75 Å². The van der Waals surface area contributed by atoms with E-state index < -0.39 is 23.6 Å². The van der Waals surface area contributed by atoms with Crippen LogP contribution in [0.25, 0.3) is 0 Å². The van der Waals surface area contributed by atoms with E-state index in [1.54, 1.807) is 0 Å². The Balaban J connectivity index is 2.63. The van der Waals surface area contributed by atoms with Gasteiger partial charge in [0, 0.05) is 12.1 Å². The van der Waals surface area contributed by atoms with Gasteiger partial charge in [-0.3, -0.25) is 4.79 Å². The summed E-state index contributed by atoms with van der Waals surface area (Å²) in [6.07, 6.45) is -4.76. The van der Waals surface area contributed by atoms with Gasteiger partial charge in [0.05, 0.1) is 5.60 Å². The largest absolute Gasteiger partial charge is 0.573 e. The SMILES string of the molecule is CC(C)(O)CNC(=O)c1ccc(OC(F)(F)F)cc1. The lowest BCUT2D eigenvalue weighted by Crippen LogP contribution is -2.38. The fourth-order valence-corrected chi connectivity index (χ4v) is 1.21. The molecule has 1 amide bonds. The highest BCUT2D eigenvalue weighted by molar-refractivity contribution is 5.94. The monoisotopic (exact) mass is 277 g/mol. The van der Waals surface area contributed by atoms with Gasteiger partial charge in [-0.15, -0.1) is 13.2 Å². The molecule has 0 spiro atoms. The zero-order valence-electron chi connectivity index (χ0n) is 10.4. The molecular weight excluding hydrogens is 263 g/mol. The summed E-state index contributed by atoms with van der Waals surface area (Å²) in [5.41, 5.74) is -0.881. The number of nitrogens with one attached hydrogen (secondary N) is 1. The second kappa shape index (κ2) is 5.48. The van der Waals surface area contributed by atoms with Crippen molar-refractivity contribution in [2.75, 3.05) is 6.54 Å². The van der Waals surface area contributed by atoms with Gasteiger partial charge in [0.2, 0.25) is 0 Å². The molecule has 4 nitrogen and oxygen atoms in total. The maximum atomic E-state index is 11.9. The van der Waals surface area contributed by atoms with E-state index in [1.807, 2.05) is 0 Å². The average molecular weight is 277 g/mol. The zero-order valence-corrected chi connectivity index (χ0v) is 10.4. The van der Waals surface area contributed by atoms with E-state index in [0.29, 0.717) is 0 Å². The second-order valence-electron chi connectivity index (χ2n) is 4.57. The highest BCUT2D eigenvalue weighted by atomic mass is 19.4. The number of hydrogen-bond acceptors (Lipinski definition) is 3. The molecule has 0 radical (unpaired) electrons. The molecule has 0 aromatic heterocycles. The third-order valence-corrected chi connectivity index (χ3v) is 2.03. The normalized spacial score (nSPS) is 12.1. The standard InChI is InChI=1S/C12H14F3NO3/c1-11(2,18)7-16-10(17)8-3-5-9(6-4-8)19-12(13,14)15/h3-6,18H,7H2,1-2H3,(H,16,17). The number of hydrogen-bond donors (Lipinski definition) is 2. The molecule has 19 heavy (non-hydrogen) atoms. The van der Waals surface area contributed by atoms with Crippen LogP contribution in [0.5, 0.6) is 5.75 Å². The van der Waals surface area contributed by atoms with Crippen molar-refractivity contribution >= 4 is 5.91 Å². The molecule has 7 heteroatoms. The van der Waals surface area contributed by atoms with Crippen molar-refractivity contribution in [3.8, 4) is 5.75 Å². The Morgan fingerprint density at radius 2 is 1.79 bits per heavy atom. The van der Waals surface area contributed by atoms with E-state index >= 15 is 0 Å². The fraction of sp³-hybridized carbons (Fsp3) is 0.417. The van der Waals surface area contributed by atoms with E-state index in [2.05, 4.69) is 10.1 Å². The van der Waals surface area contributed by atoms with Gasteiger partial charge in [-0.1, -0.05) is 0 Å². The third kappa shape index (κ3) is 6.10. The van der Waals surface area contributed by atoms with Crippen LogP contribution in [0.15, 0.2) is 24.3 Å². The van der Waals surface area contributed by atoms with Crippen molar-refractivity contribution < 1.29 is 27.8 Å². The lowest BCUT2D eigenvalue weighted by molar-refractivity contribution is -0.274. The van der Waals surface area contributed by atoms with Crippen molar-refractivity contribution in [3.05, 3.63) is 29.8 Å². The quantitative estimate of drug-likeness (QED) is 0.886. The molecule has 0 aliphatic heterocycles. The van der Waals surface area contributed by atoms with Gasteiger partial charge < -0.3 is 15.2 Å². The van der Waals surface area contributed by atoms with Crippen LogP contribution in [0.1, 0.15) is 24.2 Å². The molecular formula is C12H14F3NO3. The number of carbonyl (C=O) groups excluding carboxylic acids is 1. The topological polar surface area (TPSA) is 58.6 Å². The van der Waals surface area contributed by atoms with Crippen LogP contribution in [-0.2, 0) is 0 Å². The molecule has 1 aromatic carbocycles. The maximum absolute atomic E-state index is 11.9. The van der Waals surface area contributed by atoms with Crippen molar-refractivity contribution in [2.45, 2.75) is 25.8 Å². The molecule has 0 saturated heterocycles. The number of ether oxygens (including phenoxy) is 1. The number of benzene rings is 1. The Bertz CT molecular complexity index is 435. The molecule has 0 saturated carbocycles. The van der Waals surface area contributed by atoms with E-state index in [4.69, 9.17) is 0 Å². The van der Waals surface area contributed by atoms with Crippen molar-refractivity contribution in [3.63, 3.8) is 0 Å². The van der Waals surface area contributed by atoms with Crippen LogP contribution in [0, 0.1) is 0 Å². The van der Waals surface area contributed by atoms with E-state index in [-0.39, 0.29) is 12.1 Å². The van der Waals surface area contributed by atoms with Crippen LogP contribution in [0.4, 0.5) is 13.2 Å². The van der Waals surface area contributed by atoms with Gasteiger partial charge >= 0.3 is 6.36 Å². The first-order chi connectivity index (χ1) is 8.57. The van der Waals surface area contributed by atoms with Crippen molar-refractivity contribution in [1.29, 1.82) is 0 Å². The number of halogens is 3. The van der Waals surface area contributed by atoms with Gasteiger partial charge in [-0.2, -0.15) is 0 Å². The number of aliphatic hydroxyl groups is 1. The van der Waals surface area contributed by atoms with E-state index in [0.717, 1.165) is 12.1 Å². The summed E-state index contributed by atoms with van der Waals surface area (Å²) in [5.74, 6) is -0.882. The van der Waals surface area contributed by atoms with Crippen molar-refractivity contribution in [1.82, 2.24) is 5.32 Å². The first-order valence-electron chi connectivity index (χ1n) is 5.43. The van der Waals surface area contributed by atoms with Crippen LogP contribution in [0.2, 0.25) is 0 Å². The minimum atomic E-state index is -4.76. The van der Waals surface area contributed by atoms with Crippen LogP contribution >= 0.6 is 0 Å². The van der Waals surface area contributed by atoms with Crippen molar-refractivity contribution in [2.24, 2.45) is 0 Å². The van der Waals surface area contributed by atoms with Crippen LogP contribution < -0.4 is 10.1 Å². The number of alkyl halides is 3. The zero-order chi connectivity index (χ0) is 14.7.